The fourth-order valence-corrected chi connectivity index (χ4v) is 1.09. The summed E-state index contributed by atoms with van der Waals surface area (Å²) >= 11 is 0. The highest BCUT2D eigenvalue weighted by Crippen LogP contribution is 2.06. The average Bonchev–Trinajstić information content (AvgIpc) is 2.27. The predicted molar refractivity (Wildman–Crippen MR) is 58.0 cm³/mol. The van der Waals surface area contributed by atoms with Gasteiger partial charge in [0.2, 0.25) is 0 Å². The molecule has 3 heteroatoms. The normalized spacial score (nSPS) is 10.5. The van der Waals surface area contributed by atoms with Crippen LogP contribution in [0.25, 0.3) is 6.08 Å². The Balaban J connectivity index is 2.60. The number of aliphatic hydroxyl groups excluding tert-OH is 1. The van der Waals surface area contributed by atoms with Gasteiger partial charge in [-0.1, -0.05) is 24.3 Å². The van der Waals surface area contributed by atoms with Gasteiger partial charge in [0.05, 0.1) is 13.2 Å². The van der Waals surface area contributed by atoms with Crippen LogP contribution in [-0.2, 0) is 16.1 Å². The van der Waals surface area contributed by atoms with Crippen LogP contribution in [0, 0.1) is 0 Å². The molecule has 1 rings (SSSR count). The lowest BCUT2D eigenvalue weighted by Gasteiger charge is -1.97. The number of aliphatic hydroxyl groups is 1. The molecule has 0 atom stereocenters. The van der Waals surface area contributed by atoms with Gasteiger partial charge in [-0.05, 0) is 24.1 Å². The second-order valence-corrected chi connectivity index (χ2v) is 2.99. The maximum atomic E-state index is 11.0. The van der Waals surface area contributed by atoms with Gasteiger partial charge < -0.3 is 9.84 Å². The van der Waals surface area contributed by atoms with Crippen LogP contribution in [0.4, 0.5) is 0 Å². The van der Waals surface area contributed by atoms with Gasteiger partial charge in [0.1, 0.15) is 0 Å². The van der Waals surface area contributed by atoms with Gasteiger partial charge in [-0.2, -0.15) is 0 Å². The van der Waals surface area contributed by atoms with Gasteiger partial charge in [-0.15, -0.1) is 0 Å². The zero-order valence-electron chi connectivity index (χ0n) is 8.64. The molecule has 0 spiro atoms. The first-order valence-electron chi connectivity index (χ1n) is 4.81. The maximum absolute atomic E-state index is 11.0. The highest BCUT2D eigenvalue weighted by atomic mass is 16.5. The van der Waals surface area contributed by atoms with Crippen molar-refractivity contribution in [3.05, 3.63) is 41.5 Å². The monoisotopic (exact) mass is 206 g/mol. The van der Waals surface area contributed by atoms with Crippen molar-refractivity contribution in [1.29, 1.82) is 0 Å². The number of benzene rings is 1. The lowest BCUT2D eigenvalue weighted by Crippen LogP contribution is -1.98. The molecule has 0 aliphatic carbocycles. The van der Waals surface area contributed by atoms with Crippen LogP contribution in [-0.4, -0.2) is 17.7 Å². The topological polar surface area (TPSA) is 46.5 Å². The van der Waals surface area contributed by atoms with Crippen LogP contribution in [0.15, 0.2) is 30.3 Å². The maximum Gasteiger partial charge on any atom is 0.330 e. The molecule has 0 heterocycles. The first-order valence-corrected chi connectivity index (χ1v) is 4.81. The van der Waals surface area contributed by atoms with E-state index in [1.807, 2.05) is 24.3 Å². The quantitative estimate of drug-likeness (QED) is 0.603. The number of carbonyl (C=O) groups excluding carboxylic acids is 1. The van der Waals surface area contributed by atoms with Crippen molar-refractivity contribution < 1.29 is 14.6 Å². The molecular weight excluding hydrogens is 192 g/mol. The third-order valence-corrected chi connectivity index (χ3v) is 1.86. The Labute approximate surface area is 89.0 Å². The van der Waals surface area contributed by atoms with Crippen molar-refractivity contribution in [2.45, 2.75) is 13.5 Å². The summed E-state index contributed by atoms with van der Waals surface area (Å²) in [5.74, 6) is -0.344. The number of hydrogen-bond donors (Lipinski definition) is 1. The molecule has 0 radical (unpaired) electrons. The van der Waals surface area contributed by atoms with E-state index in [1.165, 1.54) is 6.08 Å². The van der Waals surface area contributed by atoms with Crippen molar-refractivity contribution in [3.8, 4) is 0 Å². The minimum Gasteiger partial charge on any atom is -0.463 e. The van der Waals surface area contributed by atoms with Gasteiger partial charge in [-0.25, -0.2) is 4.79 Å². The molecule has 3 nitrogen and oxygen atoms in total. The highest BCUT2D eigenvalue weighted by Gasteiger charge is 1.94. The zero-order chi connectivity index (χ0) is 11.1. The summed E-state index contributed by atoms with van der Waals surface area (Å²) in [6.07, 6.45) is 3.07. The summed E-state index contributed by atoms with van der Waals surface area (Å²) in [5, 5.41) is 8.82. The zero-order valence-corrected chi connectivity index (χ0v) is 8.64. The third-order valence-electron chi connectivity index (χ3n) is 1.86. The molecule has 0 saturated heterocycles. The largest absolute Gasteiger partial charge is 0.463 e. The van der Waals surface area contributed by atoms with Crippen LogP contribution in [0.2, 0.25) is 0 Å². The number of carbonyl (C=O) groups is 1. The number of ether oxygens (including phenoxy) is 1. The molecule has 0 saturated carbocycles. The van der Waals surface area contributed by atoms with Gasteiger partial charge in [-0.3, -0.25) is 0 Å². The summed E-state index contributed by atoms with van der Waals surface area (Å²) in [6.45, 7) is 2.18. The van der Waals surface area contributed by atoms with E-state index >= 15 is 0 Å². The fraction of sp³-hybridized carbons (Fsp3) is 0.250. The Kier molecular flexibility index (Phi) is 4.57. The van der Waals surface area contributed by atoms with Gasteiger partial charge >= 0.3 is 5.97 Å². The lowest BCUT2D eigenvalue weighted by molar-refractivity contribution is -0.137. The van der Waals surface area contributed by atoms with E-state index in [2.05, 4.69) is 0 Å². The molecule has 0 amide bonds. The van der Waals surface area contributed by atoms with Crippen molar-refractivity contribution in [2.24, 2.45) is 0 Å². The molecule has 0 aliphatic rings. The van der Waals surface area contributed by atoms with Crippen LogP contribution in [0.1, 0.15) is 18.1 Å². The molecule has 0 aromatic heterocycles. The summed E-state index contributed by atoms with van der Waals surface area (Å²) in [5.41, 5.74) is 1.75. The Morgan fingerprint density at radius 2 is 2.07 bits per heavy atom. The SMILES string of the molecule is CCOC(=O)/C=C/c1ccc(CO)cc1. The Morgan fingerprint density at radius 1 is 1.40 bits per heavy atom. The summed E-state index contributed by atoms with van der Waals surface area (Å²) in [6, 6.07) is 7.29. The van der Waals surface area contributed by atoms with E-state index in [1.54, 1.807) is 13.0 Å². The highest BCUT2D eigenvalue weighted by molar-refractivity contribution is 5.86. The molecule has 0 fully saturated rings. The molecule has 80 valence electrons. The van der Waals surface area contributed by atoms with Crippen LogP contribution >= 0.6 is 0 Å². The Morgan fingerprint density at radius 3 is 2.60 bits per heavy atom. The second-order valence-electron chi connectivity index (χ2n) is 2.99. The standard InChI is InChI=1S/C12H14O3/c1-2-15-12(14)8-7-10-3-5-11(9-13)6-4-10/h3-8,13H,2,9H2,1H3/b8-7+. The van der Waals surface area contributed by atoms with Crippen LogP contribution in [0.3, 0.4) is 0 Å². The third kappa shape index (κ3) is 3.95. The smallest absolute Gasteiger partial charge is 0.330 e. The van der Waals surface area contributed by atoms with E-state index in [9.17, 15) is 4.79 Å². The van der Waals surface area contributed by atoms with Crippen molar-refractivity contribution >= 4 is 12.0 Å². The van der Waals surface area contributed by atoms with Crippen molar-refractivity contribution in [1.82, 2.24) is 0 Å². The Bertz CT molecular complexity index is 338. The first-order chi connectivity index (χ1) is 7.26. The first kappa shape index (κ1) is 11.5. The predicted octanol–water partition coefficient (Wildman–Crippen LogP) is 1.76. The van der Waals surface area contributed by atoms with Crippen molar-refractivity contribution in [3.63, 3.8) is 0 Å². The second kappa shape index (κ2) is 5.98. The van der Waals surface area contributed by atoms with E-state index in [4.69, 9.17) is 9.84 Å². The molecule has 1 aromatic rings. The van der Waals surface area contributed by atoms with Crippen molar-refractivity contribution in [2.75, 3.05) is 6.61 Å². The molecule has 1 aromatic carbocycles. The average molecular weight is 206 g/mol. The lowest BCUT2D eigenvalue weighted by atomic mass is 10.1. The molecule has 1 N–H and O–H groups in total. The van der Waals surface area contributed by atoms with E-state index < -0.39 is 0 Å². The molecular formula is C12H14O3. The molecule has 15 heavy (non-hydrogen) atoms. The fourth-order valence-electron chi connectivity index (χ4n) is 1.09. The number of esters is 1. The summed E-state index contributed by atoms with van der Waals surface area (Å²) in [7, 11) is 0. The minimum atomic E-state index is -0.344. The summed E-state index contributed by atoms with van der Waals surface area (Å²) < 4.78 is 4.74. The molecule has 0 bridgehead atoms. The number of rotatable bonds is 4. The van der Waals surface area contributed by atoms with E-state index in [0.29, 0.717) is 6.61 Å². The summed E-state index contributed by atoms with van der Waals surface area (Å²) in [4.78, 5) is 11.0. The molecule has 0 aliphatic heterocycles. The number of hydrogen-bond acceptors (Lipinski definition) is 3. The van der Waals surface area contributed by atoms with E-state index in [-0.39, 0.29) is 12.6 Å². The van der Waals surface area contributed by atoms with Gasteiger partial charge in [0.15, 0.2) is 0 Å². The van der Waals surface area contributed by atoms with E-state index in [0.717, 1.165) is 11.1 Å². The van der Waals surface area contributed by atoms with Crippen LogP contribution in [0.5, 0.6) is 0 Å². The van der Waals surface area contributed by atoms with Crippen LogP contribution < -0.4 is 0 Å². The molecule has 0 unspecified atom stereocenters. The minimum absolute atomic E-state index is 0.0296. The Hall–Kier alpha value is -1.61. The van der Waals surface area contributed by atoms with Gasteiger partial charge in [0.25, 0.3) is 0 Å². The van der Waals surface area contributed by atoms with Gasteiger partial charge in [0, 0.05) is 6.08 Å².